The van der Waals surface area contributed by atoms with E-state index < -0.39 is 22.6 Å². The fraction of sp³-hybridized carbons (Fsp3) is 0.500. The zero-order chi connectivity index (χ0) is 24.7. The summed E-state index contributed by atoms with van der Waals surface area (Å²) >= 11 is 0. The predicted octanol–water partition coefficient (Wildman–Crippen LogP) is 1.36. The minimum absolute atomic E-state index is 0.105. The van der Waals surface area contributed by atoms with Crippen LogP contribution in [0.3, 0.4) is 0 Å². The van der Waals surface area contributed by atoms with Crippen molar-refractivity contribution in [3.63, 3.8) is 0 Å². The van der Waals surface area contributed by atoms with Gasteiger partial charge >= 0.3 is 0 Å². The van der Waals surface area contributed by atoms with Crippen LogP contribution in [0.25, 0.3) is 5.69 Å². The van der Waals surface area contributed by atoms with Crippen molar-refractivity contribution < 1.29 is 23.8 Å². The van der Waals surface area contributed by atoms with Gasteiger partial charge in [-0.05, 0) is 56.5 Å². The van der Waals surface area contributed by atoms with Crippen LogP contribution in [-0.2, 0) is 9.53 Å². The first-order valence-corrected chi connectivity index (χ1v) is 11.3. The summed E-state index contributed by atoms with van der Waals surface area (Å²) in [7, 11) is 1.68. The molecule has 2 atom stereocenters. The van der Waals surface area contributed by atoms with Gasteiger partial charge in [-0.2, -0.15) is 9.78 Å². The van der Waals surface area contributed by atoms with E-state index in [2.05, 4.69) is 5.10 Å². The first-order chi connectivity index (χ1) is 16.0. The molecule has 2 aromatic rings. The van der Waals surface area contributed by atoms with Gasteiger partial charge in [0.25, 0.3) is 11.5 Å². The largest absolute Gasteiger partial charge is 0.386 e. The normalized spacial score (nSPS) is 24.1. The van der Waals surface area contributed by atoms with Crippen molar-refractivity contribution in [2.45, 2.75) is 50.4 Å². The number of aliphatic hydroxyl groups is 1. The number of halogens is 1. The summed E-state index contributed by atoms with van der Waals surface area (Å²) in [5.74, 6) is -0.877. The van der Waals surface area contributed by atoms with Crippen LogP contribution in [0, 0.1) is 5.82 Å². The quantitative estimate of drug-likeness (QED) is 0.724. The minimum Gasteiger partial charge on any atom is -0.386 e. The Morgan fingerprint density at radius 3 is 2.44 bits per heavy atom. The van der Waals surface area contributed by atoms with E-state index in [1.54, 1.807) is 23.8 Å². The highest BCUT2D eigenvalue weighted by atomic mass is 19.1. The van der Waals surface area contributed by atoms with Crippen LogP contribution in [0.15, 0.2) is 41.2 Å². The first kappa shape index (κ1) is 24.0. The SMILES string of the molecule is CC(=O)N(C)[C@H]1CC2(CCN(C(=O)c3ccc(=O)n(-c4ccc(F)cc4)n3)CC2)OC[C@]1(C)O. The molecule has 0 radical (unpaired) electrons. The van der Waals surface area contributed by atoms with Crippen LogP contribution in [0.1, 0.15) is 43.6 Å². The van der Waals surface area contributed by atoms with Gasteiger partial charge in [0.1, 0.15) is 17.1 Å². The molecule has 2 saturated heterocycles. The maximum Gasteiger partial charge on any atom is 0.274 e. The number of likely N-dealkylation sites (tertiary alicyclic amines) is 1. The summed E-state index contributed by atoms with van der Waals surface area (Å²) in [6.07, 6.45) is 1.58. The van der Waals surface area contributed by atoms with Crippen LogP contribution >= 0.6 is 0 Å². The Morgan fingerprint density at radius 2 is 1.82 bits per heavy atom. The summed E-state index contributed by atoms with van der Waals surface area (Å²) in [4.78, 5) is 40.6. The average Bonchev–Trinajstić information content (AvgIpc) is 2.81. The molecule has 10 heteroatoms. The van der Waals surface area contributed by atoms with E-state index in [9.17, 15) is 23.9 Å². The number of amides is 2. The monoisotopic (exact) mass is 472 g/mol. The molecule has 4 rings (SSSR count). The molecule has 0 saturated carbocycles. The lowest BCUT2D eigenvalue weighted by molar-refractivity contribution is -0.207. The van der Waals surface area contributed by atoms with Gasteiger partial charge in [0.2, 0.25) is 5.91 Å². The molecule has 0 unspecified atom stereocenters. The number of hydrogen-bond acceptors (Lipinski definition) is 6. The third kappa shape index (κ3) is 4.60. The number of piperidine rings is 1. The van der Waals surface area contributed by atoms with Gasteiger partial charge in [-0.3, -0.25) is 14.4 Å². The van der Waals surface area contributed by atoms with Crippen LogP contribution in [0.2, 0.25) is 0 Å². The second kappa shape index (κ2) is 8.92. The van der Waals surface area contributed by atoms with Crippen molar-refractivity contribution >= 4 is 11.8 Å². The van der Waals surface area contributed by atoms with E-state index in [1.807, 2.05) is 0 Å². The summed E-state index contributed by atoms with van der Waals surface area (Å²) in [5, 5.41) is 15.0. The first-order valence-electron chi connectivity index (χ1n) is 11.3. The Bertz CT molecular complexity index is 1140. The third-order valence-corrected chi connectivity index (χ3v) is 6.97. The maximum atomic E-state index is 13.2. The number of rotatable bonds is 3. The van der Waals surface area contributed by atoms with Crippen molar-refractivity contribution in [1.29, 1.82) is 0 Å². The number of nitrogens with zero attached hydrogens (tertiary/aromatic N) is 4. The molecule has 2 aliphatic rings. The van der Waals surface area contributed by atoms with Crippen LogP contribution < -0.4 is 5.56 Å². The lowest BCUT2D eigenvalue weighted by Crippen LogP contribution is -2.64. The zero-order valence-electron chi connectivity index (χ0n) is 19.5. The Labute approximate surface area is 196 Å². The lowest BCUT2D eigenvalue weighted by atomic mass is 9.77. The Kier molecular flexibility index (Phi) is 6.30. The molecule has 0 bridgehead atoms. The van der Waals surface area contributed by atoms with Crippen molar-refractivity contribution in [1.82, 2.24) is 19.6 Å². The Balaban J connectivity index is 1.48. The van der Waals surface area contributed by atoms with Gasteiger partial charge in [-0.15, -0.1) is 0 Å². The number of carbonyl (C=O) groups is 2. The molecule has 182 valence electrons. The molecule has 2 fully saturated rings. The molecule has 9 nitrogen and oxygen atoms in total. The number of likely N-dealkylation sites (N-methyl/N-ethyl adjacent to an activating group) is 1. The number of hydrogen-bond donors (Lipinski definition) is 1. The van der Waals surface area contributed by atoms with Crippen molar-refractivity contribution in [2.24, 2.45) is 0 Å². The number of ether oxygens (including phenoxy) is 1. The molecular weight excluding hydrogens is 443 g/mol. The van der Waals surface area contributed by atoms with Gasteiger partial charge in [-0.25, -0.2) is 4.39 Å². The summed E-state index contributed by atoms with van der Waals surface area (Å²) in [6, 6.07) is 7.56. The topological polar surface area (TPSA) is 105 Å². The molecular formula is C24H29FN4O5. The molecule has 1 N–H and O–H groups in total. The van der Waals surface area contributed by atoms with E-state index in [-0.39, 0.29) is 30.2 Å². The standard InChI is InChI=1S/C24H29FN4O5/c1-16(30)27(3)20-14-24(34-15-23(20,2)33)10-12-28(13-11-24)22(32)19-8-9-21(31)29(26-19)18-6-4-17(25)5-7-18/h4-9,20,33H,10-15H2,1-3H3/t20-,23-/m0/s1. The maximum absolute atomic E-state index is 13.2. The molecule has 3 heterocycles. The van der Waals surface area contributed by atoms with E-state index >= 15 is 0 Å². The molecule has 2 aliphatic heterocycles. The molecule has 1 spiro atoms. The van der Waals surface area contributed by atoms with Crippen LogP contribution in [0.4, 0.5) is 4.39 Å². The van der Waals surface area contributed by atoms with Crippen LogP contribution in [0.5, 0.6) is 0 Å². The average molecular weight is 473 g/mol. The Morgan fingerprint density at radius 1 is 1.18 bits per heavy atom. The van der Waals surface area contributed by atoms with Gasteiger partial charge in [0.15, 0.2) is 0 Å². The number of aromatic nitrogens is 2. The number of carbonyl (C=O) groups excluding carboxylic acids is 2. The lowest BCUT2D eigenvalue weighted by Gasteiger charge is -2.52. The fourth-order valence-corrected chi connectivity index (χ4v) is 4.72. The summed E-state index contributed by atoms with van der Waals surface area (Å²) < 4.78 is 20.4. The summed E-state index contributed by atoms with van der Waals surface area (Å²) in [6.45, 7) is 4.07. The van der Waals surface area contributed by atoms with Gasteiger partial charge in [0.05, 0.1) is 23.9 Å². The van der Waals surface area contributed by atoms with E-state index in [1.165, 1.54) is 43.3 Å². The van der Waals surface area contributed by atoms with Gasteiger partial charge in [0, 0.05) is 33.1 Å². The summed E-state index contributed by atoms with van der Waals surface area (Å²) in [5.41, 5.74) is -1.64. The minimum atomic E-state index is -1.16. The van der Waals surface area contributed by atoms with E-state index in [0.717, 1.165) is 4.68 Å². The van der Waals surface area contributed by atoms with Crippen molar-refractivity contribution in [3.8, 4) is 5.69 Å². The van der Waals surface area contributed by atoms with E-state index in [4.69, 9.17) is 4.74 Å². The second-order valence-corrected chi connectivity index (χ2v) is 9.42. The molecule has 1 aromatic heterocycles. The predicted molar refractivity (Wildman–Crippen MR) is 121 cm³/mol. The van der Waals surface area contributed by atoms with Crippen molar-refractivity contribution in [3.05, 3.63) is 58.3 Å². The fourth-order valence-electron chi connectivity index (χ4n) is 4.72. The highest BCUT2D eigenvalue weighted by molar-refractivity contribution is 5.92. The molecule has 2 amide bonds. The van der Waals surface area contributed by atoms with E-state index in [0.29, 0.717) is 38.0 Å². The smallest absolute Gasteiger partial charge is 0.274 e. The van der Waals surface area contributed by atoms with Gasteiger partial charge in [-0.1, -0.05) is 0 Å². The van der Waals surface area contributed by atoms with Crippen LogP contribution in [-0.4, -0.2) is 80.5 Å². The highest BCUT2D eigenvalue weighted by Gasteiger charge is 2.50. The van der Waals surface area contributed by atoms with Crippen molar-refractivity contribution in [2.75, 3.05) is 26.7 Å². The number of benzene rings is 1. The third-order valence-electron chi connectivity index (χ3n) is 6.97. The molecule has 0 aliphatic carbocycles. The zero-order valence-corrected chi connectivity index (χ0v) is 19.5. The highest BCUT2D eigenvalue weighted by Crippen LogP contribution is 2.40. The Hall–Kier alpha value is -3.11. The second-order valence-electron chi connectivity index (χ2n) is 9.42. The molecule has 1 aromatic carbocycles. The molecule has 34 heavy (non-hydrogen) atoms. The van der Waals surface area contributed by atoms with Gasteiger partial charge < -0.3 is 19.6 Å².